The number of nitrogens with zero attached hydrogens (tertiary/aromatic N) is 2. The average molecular weight is 648 g/mol. The number of anilines is 1. The van der Waals surface area contributed by atoms with Gasteiger partial charge in [-0.05, 0) is 6.26 Å². The summed E-state index contributed by atoms with van der Waals surface area (Å²) in [7, 11) is -15.0. The van der Waals surface area contributed by atoms with E-state index in [0.717, 1.165) is 0 Å². The summed E-state index contributed by atoms with van der Waals surface area (Å²) in [4.78, 5) is 61.7. The van der Waals surface area contributed by atoms with Crippen molar-refractivity contribution in [2.24, 2.45) is 5.73 Å². The molecule has 0 radical (unpaired) electrons. The molecule has 4 unspecified atom stereocenters. The Bertz CT molecular complexity index is 1450. The van der Waals surface area contributed by atoms with Crippen molar-refractivity contribution in [2.75, 3.05) is 31.1 Å². The third-order valence-corrected chi connectivity index (χ3v) is 9.92. The van der Waals surface area contributed by atoms with Crippen LogP contribution in [-0.2, 0) is 36.3 Å². The standard InChI is InChI=1S/C16H24N5O13P3S2/c1-38-39-8-30-10-5-12(21-6-9(3-2-4-17)13-14(21)19-16(18)20-15(13)22)32-11(10)7-31-36(26,27)34-37(28,29)33-35(23,24)25/h6,10-12H,4-5,7-8,17H2,1H3,(H,26,27)(H,28,29)(H2,23,24,25)(H3,18,19,20,22)/p-3/t10?,11-,12-/m1/s1. The Kier molecular flexibility index (Phi) is 10.9. The maximum atomic E-state index is 12.6. The lowest BCUT2D eigenvalue weighted by Crippen LogP contribution is -2.30. The molecule has 0 aromatic carbocycles. The second-order valence-electron chi connectivity index (χ2n) is 7.40. The Morgan fingerprint density at radius 3 is 2.67 bits per heavy atom. The van der Waals surface area contributed by atoms with E-state index in [2.05, 4.69) is 35.0 Å². The number of phosphoric acid groups is 3. The van der Waals surface area contributed by atoms with E-state index in [1.165, 1.54) is 32.4 Å². The minimum absolute atomic E-state index is 0.0126. The van der Waals surface area contributed by atoms with Gasteiger partial charge in [-0.1, -0.05) is 33.4 Å². The summed E-state index contributed by atoms with van der Waals surface area (Å²) in [6.07, 6.45) is 0.484. The van der Waals surface area contributed by atoms with Crippen molar-refractivity contribution in [1.29, 1.82) is 0 Å². The monoisotopic (exact) mass is 648 g/mol. The minimum atomic E-state index is -6.07. The smallest absolute Gasteiger partial charge is 0.280 e. The van der Waals surface area contributed by atoms with E-state index in [4.69, 9.17) is 25.8 Å². The predicted octanol–water partition coefficient (Wildman–Crippen LogP) is -1.29. The van der Waals surface area contributed by atoms with E-state index in [-0.39, 0.29) is 41.4 Å². The largest absolute Gasteiger partial charge is 0.756 e. The third kappa shape index (κ3) is 9.13. The number of nitrogens with one attached hydrogen (secondary N) is 1. The molecular formula is C16H21N5O13P3S2-3. The molecule has 1 aliphatic heterocycles. The first-order chi connectivity index (χ1) is 18.1. The lowest BCUT2D eigenvalue weighted by Gasteiger charge is -2.33. The highest BCUT2D eigenvalue weighted by atomic mass is 33.1. The van der Waals surface area contributed by atoms with Crippen LogP contribution in [0.3, 0.4) is 0 Å². The number of rotatable bonds is 12. The molecule has 1 aliphatic rings. The Hall–Kier alpha value is -1.23. The molecule has 1 saturated heterocycles. The quantitative estimate of drug-likeness (QED) is 0.0684. The first-order valence-electron chi connectivity index (χ1n) is 10.4. The van der Waals surface area contributed by atoms with Crippen LogP contribution < -0.4 is 31.7 Å². The molecule has 0 aliphatic carbocycles. The molecule has 39 heavy (non-hydrogen) atoms. The maximum absolute atomic E-state index is 12.6. The van der Waals surface area contributed by atoms with Crippen molar-refractivity contribution in [3.05, 3.63) is 22.1 Å². The van der Waals surface area contributed by atoms with Gasteiger partial charge in [0.15, 0.2) is 5.65 Å². The molecular weight excluding hydrogens is 627 g/mol. The lowest BCUT2D eigenvalue weighted by atomic mass is 10.2. The van der Waals surface area contributed by atoms with Gasteiger partial charge in [-0.25, -0.2) is 8.62 Å². The van der Waals surface area contributed by atoms with Gasteiger partial charge in [0, 0.05) is 12.6 Å². The van der Waals surface area contributed by atoms with Crippen LogP contribution in [0.25, 0.3) is 11.0 Å². The van der Waals surface area contributed by atoms with Crippen molar-refractivity contribution < 1.29 is 55.9 Å². The Morgan fingerprint density at radius 2 is 2.03 bits per heavy atom. The highest BCUT2D eigenvalue weighted by Gasteiger charge is 2.39. The van der Waals surface area contributed by atoms with Crippen molar-refractivity contribution >= 4 is 62.0 Å². The number of aromatic nitrogens is 3. The van der Waals surface area contributed by atoms with Crippen LogP contribution in [0, 0.1) is 11.8 Å². The van der Waals surface area contributed by atoms with E-state index in [9.17, 15) is 33.2 Å². The van der Waals surface area contributed by atoms with Crippen molar-refractivity contribution in [1.82, 2.24) is 14.5 Å². The Balaban J connectivity index is 1.86. The third-order valence-electron chi connectivity index (χ3n) is 4.76. The van der Waals surface area contributed by atoms with Gasteiger partial charge in [0.05, 0.1) is 30.2 Å². The van der Waals surface area contributed by atoms with Gasteiger partial charge in [0.1, 0.15) is 18.3 Å². The van der Waals surface area contributed by atoms with Crippen LogP contribution in [0.1, 0.15) is 18.2 Å². The van der Waals surface area contributed by atoms with E-state index in [1.807, 2.05) is 0 Å². The highest BCUT2D eigenvalue weighted by molar-refractivity contribution is 8.76. The summed E-state index contributed by atoms with van der Waals surface area (Å²) < 4.78 is 58.7. The van der Waals surface area contributed by atoms with E-state index in [1.54, 1.807) is 6.26 Å². The topological polar surface area (TPSA) is 289 Å². The summed E-state index contributed by atoms with van der Waals surface area (Å²) in [5.74, 6) is 5.35. The molecule has 3 rings (SSSR count). The molecule has 0 amide bonds. The van der Waals surface area contributed by atoms with Gasteiger partial charge < -0.3 is 49.6 Å². The summed E-state index contributed by atoms with van der Waals surface area (Å²) in [6.45, 7) is -0.826. The molecule has 0 bridgehead atoms. The molecule has 18 nitrogen and oxygen atoms in total. The molecule has 3 heterocycles. The molecule has 6 N–H and O–H groups in total. The summed E-state index contributed by atoms with van der Waals surface area (Å²) in [6, 6.07) is 0. The van der Waals surface area contributed by atoms with Gasteiger partial charge in [-0.15, -0.1) is 0 Å². The number of hydrogen-bond donors (Lipinski definition) is 4. The normalized spacial score (nSPS) is 24.0. The summed E-state index contributed by atoms with van der Waals surface area (Å²) in [5.41, 5.74) is 10.9. The highest BCUT2D eigenvalue weighted by Crippen LogP contribution is 2.61. The van der Waals surface area contributed by atoms with Crippen LogP contribution in [0.15, 0.2) is 11.0 Å². The first kappa shape index (κ1) is 32.3. The first-order valence-corrected chi connectivity index (χ1v) is 17.5. The number of ether oxygens (including phenoxy) is 2. The molecule has 1 fully saturated rings. The fourth-order valence-corrected chi connectivity index (χ4v) is 7.12. The second kappa shape index (κ2) is 13.2. The molecule has 2 aromatic heterocycles. The van der Waals surface area contributed by atoms with Crippen molar-refractivity contribution in [2.45, 2.75) is 24.9 Å². The summed E-state index contributed by atoms with van der Waals surface area (Å²) in [5, 5.41) is 0.104. The van der Waals surface area contributed by atoms with E-state index >= 15 is 0 Å². The molecule has 0 spiro atoms. The molecule has 23 heteroatoms. The van der Waals surface area contributed by atoms with Gasteiger partial charge in [0.25, 0.3) is 29.0 Å². The van der Waals surface area contributed by atoms with E-state index in [0.29, 0.717) is 0 Å². The van der Waals surface area contributed by atoms with Crippen LogP contribution in [0.2, 0.25) is 0 Å². The minimum Gasteiger partial charge on any atom is -0.756 e. The number of aromatic amines is 1. The van der Waals surface area contributed by atoms with Gasteiger partial charge in [0.2, 0.25) is 5.95 Å². The van der Waals surface area contributed by atoms with Crippen LogP contribution in [0.4, 0.5) is 5.95 Å². The van der Waals surface area contributed by atoms with Crippen LogP contribution in [-0.4, -0.2) is 57.0 Å². The predicted molar refractivity (Wildman–Crippen MR) is 133 cm³/mol. The average Bonchev–Trinajstić information content (AvgIpc) is 3.35. The SMILES string of the molecule is CSSCOC1C[C@H](n2cc(C#CCN)c3c(=O)[nH]c(N)nc32)O[C@@H]1COP(=O)([O-])OP(=O)([O-])OP(=O)([O-])O. The summed E-state index contributed by atoms with van der Waals surface area (Å²) >= 11 is 0. The van der Waals surface area contributed by atoms with Gasteiger partial charge in [-0.2, -0.15) is 4.98 Å². The van der Waals surface area contributed by atoms with E-state index < -0.39 is 54.1 Å². The molecule has 218 valence electrons. The molecule has 2 aromatic rings. The van der Waals surface area contributed by atoms with Crippen LogP contribution >= 0.6 is 45.1 Å². The van der Waals surface area contributed by atoms with Gasteiger partial charge >= 0.3 is 0 Å². The molecule has 0 saturated carbocycles. The zero-order valence-electron chi connectivity index (χ0n) is 19.7. The lowest BCUT2D eigenvalue weighted by molar-refractivity contribution is -0.250. The van der Waals surface area contributed by atoms with Crippen molar-refractivity contribution in [3.8, 4) is 11.8 Å². The zero-order valence-corrected chi connectivity index (χ0v) is 24.0. The number of H-pyrrole nitrogens is 1. The zero-order chi connectivity index (χ0) is 29.0. The Labute approximate surface area is 227 Å². The number of phosphoric ester groups is 1. The number of nitrogens with two attached hydrogens (primary N) is 2. The Morgan fingerprint density at radius 1 is 1.31 bits per heavy atom. The number of nitrogen functional groups attached to an aromatic ring is 1. The fraction of sp³-hybridized carbons (Fsp3) is 0.500. The molecule has 6 atom stereocenters. The second-order valence-corrected chi connectivity index (χ2v) is 14.2. The fourth-order valence-electron chi connectivity index (χ4n) is 3.45. The van der Waals surface area contributed by atoms with Crippen molar-refractivity contribution in [3.63, 3.8) is 0 Å². The number of fused-ring (bicyclic) bond motifs is 1. The van der Waals surface area contributed by atoms with Gasteiger partial charge in [-0.3, -0.25) is 23.5 Å². The maximum Gasteiger partial charge on any atom is 0.280 e. The van der Waals surface area contributed by atoms with Crippen LogP contribution in [0.5, 0.6) is 0 Å². The number of hydrogen-bond acceptors (Lipinski definition) is 17.